The predicted octanol–water partition coefficient (Wildman–Crippen LogP) is -0.189. The van der Waals surface area contributed by atoms with Crippen LogP contribution < -0.4 is 4.72 Å². The van der Waals surface area contributed by atoms with Crippen molar-refractivity contribution in [3.63, 3.8) is 0 Å². The van der Waals surface area contributed by atoms with Crippen molar-refractivity contribution in [1.29, 1.82) is 0 Å². The van der Waals surface area contributed by atoms with Crippen molar-refractivity contribution in [2.45, 2.75) is 23.1 Å². The molecule has 98 valence electrons. The number of aromatic nitrogens is 2. The second kappa shape index (κ2) is 5.85. The van der Waals surface area contributed by atoms with Crippen LogP contribution in [0.15, 0.2) is 17.3 Å². The van der Waals surface area contributed by atoms with Gasteiger partial charge < -0.3 is 5.11 Å². The van der Waals surface area contributed by atoms with Gasteiger partial charge in [0.15, 0.2) is 0 Å². The van der Waals surface area contributed by atoms with E-state index in [0.29, 0.717) is 0 Å². The molecule has 0 radical (unpaired) electrons. The summed E-state index contributed by atoms with van der Waals surface area (Å²) in [4.78, 5) is 0.129. The highest BCUT2D eigenvalue weighted by molar-refractivity contribution is 7.99. The summed E-state index contributed by atoms with van der Waals surface area (Å²) in [6.45, 7) is 1.66. The Labute approximate surface area is 105 Å². The summed E-state index contributed by atoms with van der Waals surface area (Å²) in [6.07, 6.45) is 4.56. The first-order valence-corrected chi connectivity index (χ1v) is 7.82. The van der Waals surface area contributed by atoms with Crippen LogP contribution in [0.2, 0.25) is 0 Å². The number of nitrogens with zero attached hydrogens (tertiary/aromatic N) is 2. The van der Waals surface area contributed by atoms with Crippen LogP contribution in [0.25, 0.3) is 0 Å². The fourth-order valence-electron chi connectivity index (χ4n) is 1.36. The zero-order valence-electron chi connectivity index (χ0n) is 9.99. The van der Waals surface area contributed by atoms with E-state index in [2.05, 4.69) is 9.82 Å². The summed E-state index contributed by atoms with van der Waals surface area (Å²) in [6, 6.07) is -0.347. The quantitative estimate of drug-likeness (QED) is 0.754. The molecular formula is C9H17N3O3S2. The van der Waals surface area contributed by atoms with Gasteiger partial charge in [0, 0.05) is 24.5 Å². The molecule has 17 heavy (non-hydrogen) atoms. The highest BCUT2D eigenvalue weighted by Crippen LogP contribution is 2.14. The molecule has 0 bridgehead atoms. The second-order valence-corrected chi connectivity index (χ2v) is 6.51. The largest absolute Gasteiger partial charge is 0.395 e. The molecule has 2 unspecified atom stereocenters. The van der Waals surface area contributed by atoms with E-state index in [1.54, 1.807) is 14.0 Å². The average molecular weight is 279 g/mol. The summed E-state index contributed by atoms with van der Waals surface area (Å²) < 4.78 is 27.8. The molecule has 0 spiro atoms. The van der Waals surface area contributed by atoms with E-state index in [-0.39, 0.29) is 22.8 Å². The van der Waals surface area contributed by atoms with Gasteiger partial charge in [0.2, 0.25) is 10.0 Å². The van der Waals surface area contributed by atoms with Gasteiger partial charge in [-0.15, -0.1) is 0 Å². The maximum atomic E-state index is 11.9. The maximum absolute atomic E-state index is 11.9. The first-order valence-electron chi connectivity index (χ1n) is 5.05. The second-order valence-electron chi connectivity index (χ2n) is 3.72. The van der Waals surface area contributed by atoms with Crippen LogP contribution in [0.5, 0.6) is 0 Å². The Balaban J connectivity index is 2.80. The Bertz CT molecular complexity index is 454. The molecule has 0 amide bonds. The van der Waals surface area contributed by atoms with Crippen molar-refractivity contribution < 1.29 is 13.5 Å². The number of rotatable bonds is 6. The lowest BCUT2D eigenvalue weighted by molar-refractivity contribution is 0.282. The summed E-state index contributed by atoms with van der Waals surface area (Å²) >= 11 is 1.42. The molecule has 1 heterocycles. The zero-order valence-corrected chi connectivity index (χ0v) is 11.6. The first-order chi connectivity index (χ1) is 7.90. The van der Waals surface area contributed by atoms with E-state index in [1.165, 1.54) is 28.8 Å². The van der Waals surface area contributed by atoms with Gasteiger partial charge in [-0.1, -0.05) is 0 Å². The van der Waals surface area contributed by atoms with Crippen molar-refractivity contribution in [2.75, 3.05) is 12.9 Å². The topological polar surface area (TPSA) is 84.2 Å². The van der Waals surface area contributed by atoms with Crippen LogP contribution >= 0.6 is 11.8 Å². The van der Waals surface area contributed by atoms with Crippen LogP contribution in [0.1, 0.15) is 6.92 Å². The van der Waals surface area contributed by atoms with Crippen molar-refractivity contribution in [2.24, 2.45) is 7.05 Å². The minimum absolute atomic E-state index is 0.0715. The monoisotopic (exact) mass is 279 g/mol. The minimum Gasteiger partial charge on any atom is -0.395 e. The molecule has 0 aliphatic heterocycles. The fourth-order valence-corrected chi connectivity index (χ4v) is 3.34. The van der Waals surface area contributed by atoms with E-state index in [1.807, 2.05) is 6.26 Å². The number of hydrogen-bond acceptors (Lipinski definition) is 5. The molecule has 8 heteroatoms. The molecule has 0 aromatic carbocycles. The SMILES string of the molecule is CSC(CO)C(C)NS(=O)(=O)c1cnn(C)c1. The van der Waals surface area contributed by atoms with Gasteiger partial charge in [0.25, 0.3) is 0 Å². The van der Waals surface area contributed by atoms with Gasteiger partial charge in [-0.2, -0.15) is 16.9 Å². The van der Waals surface area contributed by atoms with Crippen molar-refractivity contribution >= 4 is 21.8 Å². The molecule has 1 aromatic rings. The van der Waals surface area contributed by atoms with Gasteiger partial charge >= 0.3 is 0 Å². The van der Waals surface area contributed by atoms with Gasteiger partial charge in [-0.05, 0) is 13.2 Å². The third-order valence-electron chi connectivity index (χ3n) is 2.37. The molecule has 2 N–H and O–H groups in total. The Morgan fingerprint density at radius 3 is 2.71 bits per heavy atom. The number of aryl methyl sites for hydroxylation is 1. The van der Waals surface area contributed by atoms with Gasteiger partial charge in [0.05, 0.1) is 12.8 Å². The van der Waals surface area contributed by atoms with Gasteiger partial charge in [-0.25, -0.2) is 13.1 Å². The van der Waals surface area contributed by atoms with Crippen LogP contribution in [0.3, 0.4) is 0 Å². The van der Waals surface area contributed by atoms with Crippen LogP contribution in [-0.4, -0.2) is 47.5 Å². The number of thioether (sulfide) groups is 1. The molecule has 0 saturated carbocycles. The Morgan fingerprint density at radius 2 is 2.29 bits per heavy atom. The number of aliphatic hydroxyl groups excluding tert-OH is 1. The number of hydrogen-bond donors (Lipinski definition) is 2. The lowest BCUT2D eigenvalue weighted by Crippen LogP contribution is -2.41. The summed E-state index contributed by atoms with van der Waals surface area (Å²) in [5, 5.41) is 12.7. The standard InChI is InChI=1S/C9H17N3O3S2/c1-7(9(6-13)16-3)11-17(14,15)8-4-10-12(2)5-8/h4-5,7,9,11,13H,6H2,1-3H3. The lowest BCUT2D eigenvalue weighted by atomic mass is 10.3. The van der Waals surface area contributed by atoms with Gasteiger partial charge in [-0.3, -0.25) is 4.68 Å². The van der Waals surface area contributed by atoms with E-state index < -0.39 is 10.0 Å². The Kier molecular flexibility index (Phi) is 4.99. The van der Waals surface area contributed by atoms with Crippen LogP contribution in [0, 0.1) is 0 Å². The zero-order chi connectivity index (χ0) is 13.1. The normalized spacial score (nSPS) is 15.8. The van der Waals surface area contributed by atoms with E-state index in [9.17, 15) is 8.42 Å². The lowest BCUT2D eigenvalue weighted by Gasteiger charge is -2.20. The van der Waals surface area contributed by atoms with Crippen LogP contribution in [0.4, 0.5) is 0 Å². The highest BCUT2D eigenvalue weighted by atomic mass is 32.2. The highest BCUT2D eigenvalue weighted by Gasteiger charge is 2.23. The fraction of sp³-hybridized carbons (Fsp3) is 0.667. The molecule has 2 atom stereocenters. The number of sulfonamides is 1. The summed E-state index contributed by atoms with van der Waals surface area (Å²) in [5.74, 6) is 0. The average Bonchev–Trinajstić information content (AvgIpc) is 2.66. The number of nitrogens with one attached hydrogen (secondary N) is 1. The molecule has 0 fully saturated rings. The summed E-state index contributed by atoms with van der Waals surface area (Å²) in [7, 11) is -1.91. The molecule has 1 aromatic heterocycles. The van der Waals surface area contributed by atoms with E-state index in [4.69, 9.17) is 5.11 Å². The smallest absolute Gasteiger partial charge is 0.243 e. The van der Waals surface area contributed by atoms with Crippen molar-refractivity contribution in [1.82, 2.24) is 14.5 Å². The molecule has 0 aliphatic rings. The van der Waals surface area contributed by atoms with Crippen molar-refractivity contribution in [3.8, 4) is 0 Å². The Morgan fingerprint density at radius 1 is 1.65 bits per heavy atom. The first kappa shape index (κ1) is 14.5. The summed E-state index contributed by atoms with van der Waals surface area (Å²) in [5.41, 5.74) is 0. The molecule has 1 rings (SSSR count). The van der Waals surface area contributed by atoms with Crippen LogP contribution in [-0.2, 0) is 17.1 Å². The number of aliphatic hydroxyl groups is 1. The van der Waals surface area contributed by atoms with E-state index >= 15 is 0 Å². The molecule has 0 aliphatic carbocycles. The third-order valence-corrected chi connectivity index (χ3v) is 5.05. The van der Waals surface area contributed by atoms with Gasteiger partial charge in [0.1, 0.15) is 4.90 Å². The third kappa shape index (κ3) is 3.70. The van der Waals surface area contributed by atoms with E-state index in [0.717, 1.165) is 0 Å². The minimum atomic E-state index is -3.56. The van der Waals surface area contributed by atoms with Crippen molar-refractivity contribution in [3.05, 3.63) is 12.4 Å². The predicted molar refractivity (Wildman–Crippen MR) is 67.4 cm³/mol. The molecule has 6 nitrogen and oxygen atoms in total. The molecular weight excluding hydrogens is 262 g/mol. The maximum Gasteiger partial charge on any atom is 0.243 e. The molecule has 0 saturated heterocycles. The Hall–Kier alpha value is -0.570.